The summed E-state index contributed by atoms with van der Waals surface area (Å²) >= 11 is 1.05. The maximum absolute atomic E-state index is 12.8. The summed E-state index contributed by atoms with van der Waals surface area (Å²) < 4.78 is 26.9. The van der Waals surface area contributed by atoms with Gasteiger partial charge in [0, 0.05) is 24.1 Å². The van der Waals surface area contributed by atoms with Crippen LogP contribution in [0.4, 0.5) is 5.69 Å². The molecule has 11 nitrogen and oxygen atoms in total. The molecular formula is C20H18N6O5S2. The molecule has 0 saturated heterocycles. The van der Waals surface area contributed by atoms with Crippen molar-refractivity contribution in [1.82, 2.24) is 20.2 Å². The number of carbonyl (C=O) groups is 2. The molecule has 170 valence electrons. The van der Waals surface area contributed by atoms with E-state index >= 15 is 0 Å². The van der Waals surface area contributed by atoms with E-state index in [9.17, 15) is 23.1 Å². The molecule has 0 aliphatic heterocycles. The number of hydrogen-bond donors (Lipinski definition) is 2. The van der Waals surface area contributed by atoms with Gasteiger partial charge in [-0.2, -0.15) is 5.26 Å². The Balaban J connectivity index is 1.66. The van der Waals surface area contributed by atoms with Crippen molar-refractivity contribution in [2.24, 2.45) is 13.0 Å². The van der Waals surface area contributed by atoms with Crippen molar-refractivity contribution in [1.29, 1.82) is 5.26 Å². The lowest BCUT2D eigenvalue weighted by Gasteiger charge is -2.13. The molecule has 0 bridgehead atoms. The number of nitriles is 1. The first-order chi connectivity index (χ1) is 15.7. The lowest BCUT2D eigenvalue weighted by molar-refractivity contribution is -0.140. The summed E-state index contributed by atoms with van der Waals surface area (Å²) in [5.41, 5.74) is 1.13. The molecule has 1 heterocycles. The number of aromatic nitrogens is 4. The van der Waals surface area contributed by atoms with Gasteiger partial charge in [-0.25, -0.2) is 13.1 Å². The fourth-order valence-electron chi connectivity index (χ4n) is 2.72. The maximum Gasteiger partial charge on any atom is 0.308 e. The number of sulfone groups is 1. The van der Waals surface area contributed by atoms with Crippen LogP contribution < -0.4 is 5.32 Å². The minimum Gasteiger partial charge on any atom is -0.481 e. The average molecular weight is 487 g/mol. The number of nitrogens with zero attached hydrogens (tertiary/aromatic N) is 5. The van der Waals surface area contributed by atoms with Crippen molar-refractivity contribution >= 4 is 39.2 Å². The third kappa shape index (κ3) is 6.15. The van der Waals surface area contributed by atoms with E-state index in [1.165, 1.54) is 53.2 Å². The number of aryl methyl sites for hydroxylation is 1. The zero-order chi connectivity index (χ0) is 24.0. The van der Waals surface area contributed by atoms with Gasteiger partial charge in [-0.15, -0.1) is 5.10 Å². The molecule has 1 unspecified atom stereocenters. The minimum absolute atomic E-state index is 0.0263. The first-order valence-corrected chi connectivity index (χ1v) is 12.1. The molecule has 0 radical (unpaired) electrons. The van der Waals surface area contributed by atoms with Crippen molar-refractivity contribution in [3.05, 3.63) is 59.7 Å². The Morgan fingerprint density at radius 3 is 2.39 bits per heavy atom. The molecule has 3 rings (SSSR count). The van der Waals surface area contributed by atoms with Crippen LogP contribution in [-0.2, 0) is 21.7 Å². The Labute approximate surface area is 193 Å². The number of carbonyl (C=O) groups excluding carboxylic acids is 1. The van der Waals surface area contributed by atoms with Gasteiger partial charge in [0.15, 0.2) is 9.84 Å². The van der Waals surface area contributed by atoms with E-state index in [1.807, 2.05) is 6.07 Å². The Morgan fingerprint density at radius 1 is 1.18 bits per heavy atom. The number of hydrogen-bond acceptors (Lipinski definition) is 9. The number of anilines is 1. The van der Waals surface area contributed by atoms with Crippen LogP contribution in [0.1, 0.15) is 15.9 Å². The van der Waals surface area contributed by atoms with Gasteiger partial charge in [0.05, 0.1) is 28.2 Å². The number of carboxylic acid groups (broad SMARTS) is 1. The number of aliphatic carboxylic acids is 1. The molecule has 0 saturated carbocycles. The Bertz CT molecular complexity index is 1300. The van der Waals surface area contributed by atoms with Crippen LogP contribution >= 0.6 is 11.8 Å². The summed E-state index contributed by atoms with van der Waals surface area (Å²) in [5, 5.41) is 32.1. The van der Waals surface area contributed by atoms with Crippen molar-refractivity contribution in [3.8, 4) is 6.07 Å². The Hall–Kier alpha value is -3.76. The van der Waals surface area contributed by atoms with Crippen molar-refractivity contribution in [2.45, 2.75) is 10.1 Å². The highest BCUT2D eigenvalue weighted by molar-refractivity contribution is 7.99. The number of carboxylic acids is 1. The molecule has 0 spiro atoms. The fourth-order valence-corrected chi connectivity index (χ4v) is 5.33. The summed E-state index contributed by atoms with van der Waals surface area (Å²) in [6.07, 6.45) is 0. The molecule has 2 aromatic carbocycles. The van der Waals surface area contributed by atoms with E-state index in [4.69, 9.17) is 5.26 Å². The van der Waals surface area contributed by atoms with Gasteiger partial charge in [-0.3, -0.25) is 9.59 Å². The van der Waals surface area contributed by atoms with Crippen LogP contribution in [0, 0.1) is 17.2 Å². The van der Waals surface area contributed by atoms with Gasteiger partial charge in [0.2, 0.25) is 5.16 Å². The van der Waals surface area contributed by atoms with E-state index in [-0.39, 0.29) is 10.6 Å². The average Bonchev–Trinajstić information content (AvgIpc) is 3.21. The quantitative estimate of drug-likeness (QED) is 0.424. The Kier molecular flexibility index (Phi) is 7.41. The second-order valence-electron chi connectivity index (χ2n) is 6.88. The molecule has 1 atom stereocenters. The minimum atomic E-state index is -3.91. The summed E-state index contributed by atoms with van der Waals surface area (Å²) in [5.74, 6) is -3.46. The van der Waals surface area contributed by atoms with Gasteiger partial charge in [-0.05, 0) is 59.0 Å². The lowest BCUT2D eigenvalue weighted by atomic mass is 10.1. The second-order valence-corrected chi connectivity index (χ2v) is 9.90. The standard InChI is InChI=1S/C20H18N6O5S2/c1-26-20(23-24-25-26)32-11-15(19(28)29)12-33(30,31)17-8-6-16(7-9-17)22-18(27)14-4-2-13(10-21)3-5-14/h2-9,15H,11-12H2,1H3,(H,22,27)(H,28,29). The molecule has 1 amide bonds. The summed E-state index contributed by atoms with van der Waals surface area (Å²) in [4.78, 5) is 23.9. The van der Waals surface area contributed by atoms with Crippen LogP contribution in [0.2, 0.25) is 0 Å². The summed E-state index contributed by atoms with van der Waals surface area (Å²) in [6.45, 7) is 0. The van der Waals surface area contributed by atoms with Crippen molar-refractivity contribution < 1.29 is 23.1 Å². The normalized spacial score (nSPS) is 12.0. The first-order valence-electron chi connectivity index (χ1n) is 9.42. The number of nitrogens with one attached hydrogen (secondary N) is 1. The predicted octanol–water partition coefficient (Wildman–Crippen LogP) is 1.60. The SMILES string of the molecule is Cn1nnnc1SCC(CS(=O)(=O)c1ccc(NC(=O)c2ccc(C#N)cc2)cc1)C(=O)O. The second kappa shape index (κ2) is 10.2. The van der Waals surface area contributed by atoms with Crippen LogP contribution in [0.3, 0.4) is 0 Å². The van der Waals surface area contributed by atoms with Gasteiger partial charge in [0.25, 0.3) is 5.91 Å². The van der Waals surface area contributed by atoms with Crippen LogP contribution in [0.15, 0.2) is 58.6 Å². The molecule has 13 heteroatoms. The fraction of sp³-hybridized carbons (Fsp3) is 0.200. The summed E-state index contributed by atoms with van der Waals surface area (Å²) in [7, 11) is -2.31. The van der Waals surface area contributed by atoms with Gasteiger partial charge < -0.3 is 10.4 Å². The van der Waals surface area contributed by atoms with E-state index < -0.39 is 33.4 Å². The molecule has 0 aliphatic carbocycles. The molecule has 0 fully saturated rings. The lowest BCUT2D eigenvalue weighted by Crippen LogP contribution is -2.26. The molecule has 2 N–H and O–H groups in total. The largest absolute Gasteiger partial charge is 0.481 e. The van der Waals surface area contributed by atoms with Crippen LogP contribution in [0.5, 0.6) is 0 Å². The van der Waals surface area contributed by atoms with Crippen molar-refractivity contribution in [3.63, 3.8) is 0 Å². The zero-order valence-electron chi connectivity index (χ0n) is 17.2. The number of rotatable bonds is 9. The highest BCUT2D eigenvalue weighted by atomic mass is 32.2. The summed E-state index contributed by atoms with van der Waals surface area (Å²) in [6, 6.07) is 13.5. The number of benzene rings is 2. The molecule has 3 aromatic rings. The molecule has 1 aromatic heterocycles. The third-order valence-electron chi connectivity index (χ3n) is 4.51. The smallest absolute Gasteiger partial charge is 0.308 e. The molecule has 0 aliphatic rings. The topological polar surface area (TPSA) is 168 Å². The maximum atomic E-state index is 12.8. The predicted molar refractivity (Wildman–Crippen MR) is 118 cm³/mol. The van der Waals surface area contributed by atoms with E-state index in [1.54, 1.807) is 7.05 Å². The monoisotopic (exact) mass is 486 g/mol. The third-order valence-corrected chi connectivity index (χ3v) is 7.52. The number of thioether (sulfide) groups is 1. The van der Waals surface area contributed by atoms with Crippen molar-refractivity contribution in [2.75, 3.05) is 16.8 Å². The number of tetrazole rings is 1. The number of amides is 1. The van der Waals surface area contributed by atoms with Gasteiger partial charge in [0.1, 0.15) is 0 Å². The van der Waals surface area contributed by atoms with Crippen LogP contribution in [0.25, 0.3) is 0 Å². The molecule has 33 heavy (non-hydrogen) atoms. The highest BCUT2D eigenvalue weighted by Crippen LogP contribution is 2.22. The zero-order valence-corrected chi connectivity index (χ0v) is 18.9. The van der Waals surface area contributed by atoms with Crippen LogP contribution in [-0.4, -0.2) is 57.1 Å². The highest BCUT2D eigenvalue weighted by Gasteiger charge is 2.27. The van der Waals surface area contributed by atoms with E-state index in [0.29, 0.717) is 22.0 Å². The van der Waals surface area contributed by atoms with Gasteiger partial charge in [-0.1, -0.05) is 11.8 Å². The van der Waals surface area contributed by atoms with E-state index in [0.717, 1.165) is 11.8 Å². The first kappa shape index (κ1) is 23.9. The Morgan fingerprint density at radius 2 is 1.85 bits per heavy atom. The van der Waals surface area contributed by atoms with Gasteiger partial charge >= 0.3 is 5.97 Å². The van der Waals surface area contributed by atoms with E-state index in [2.05, 4.69) is 20.8 Å². The molecular weight excluding hydrogens is 468 g/mol.